The van der Waals surface area contributed by atoms with Crippen LogP contribution in [0, 0.1) is 18.3 Å². The van der Waals surface area contributed by atoms with Crippen molar-refractivity contribution < 1.29 is 9.53 Å². The number of benzene rings is 2. The number of ether oxygens (including phenoxy) is 1. The van der Waals surface area contributed by atoms with Crippen LogP contribution in [-0.2, 0) is 11.2 Å². The molecule has 5 nitrogen and oxygen atoms in total. The number of rotatable bonds is 5. The van der Waals surface area contributed by atoms with Crippen LogP contribution in [0.4, 0.5) is 0 Å². The summed E-state index contributed by atoms with van der Waals surface area (Å²) >= 11 is 13.0. The minimum atomic E-state index is -0.589. The van der Waals surface area contributed by atoms with E-state index in [4.69, 9.17) is 27.9 Å². The average molecular weight is 464 g/mol. The summed E-state index contributed by atoms with van der Waals surface area (Å²) in [5.41, 5.74) is 4.97. The molecule has 0 saturated carbocycles. The van der Waals surface area contributed by atoms with Gasteiger partial charge in [-0.3, -0.25) is 0 Å². The van der Waals surface area contributed by atoms with Crippen molar-refractivity contribution in [2.24, 2.45) is 0 Å². The highest BCUT2D eigenvalue weighted by Crippen LogP contribution is 2.34. The Bertz CT molecular complexity index is 1370. The third-order valence-electron chi connectivity index (χ3n) is 5.24. The minimum absolute atomic E-state index is 0.0400. The van der Waals surface area contributed by atoms with Crippen LogP contribution in [0.1, 0.15) is 39.8 Å². The monoisotopic (exact) mass is 463 g/mol. The second kappa shape index (κ2) is 9.04. The van der Waals surface area contributed by atoms with Crippen LogP contribution < -0.4 is 0 Å². The third-order valence-corrected chi connectivity index (χ3v) is 5.98. The molecule has 2 aromatic heterocycles. The zero-order chi connectivity index (χ0) is 22.8. The van der Waals surface area contributed by atoms with Gasteiger partial charge in [-0.2, -0.15) is 5.26 Å². The quantitative estimate of drug-likeness (QED) is 0.326. The summed E-state index contributed by atoms with van der Waals surface area (Å²) in [5.74, 6) is -0.589. The van der Waals surface area contributed by atoms with Gasteiger partial charge >= 0.3 is 5.97 Å². The summed E-state index contributed by atoms with van der Waals surface area (Å²) in [6.07, 6.45) is 1.78. The van der Waals surface area contributed by atoms with Crippen LogP contribution in [0.3, 0.4) is 0 Å². The Labute approximate surface area is 195 Å². The van der Waals surface area contributed by atoms with Crippen molar-refractivity contribution in [2.45, 2.75) is 20.3 Å². The number of hydrogen-bond acceptors (Lipinski definition) is 4. The molecule has 0 aliphatic heterocycles. The molecule has 160 valence electrons. The Morgan fingerprint density at radius 3 is 2.62 bits per heavy atom. The summed E-state index contributed by atoms with van der Waals surface area (Å²) in [6, 6.07) is 17.9. The summed E-state index contributed by atoms with van der Waals surface area (Å²) in [7, 11) is 0. The lowest BCUT2D eigenvalue weighted by Crippen LogP contribution is -2.10. The van der Waals surface area contributed by atoms with Gasteiger partial charge in [-0.15, -0.1) is 0 Å². The van der Waals surface area contributed by atoms with Crippen molar-refractivity contribution in [2.75, 3.05) is 6.61 Å². The van der Waals surface area contributed by atoms with Gasteiger partial charge in [-0.05, 0) is 55.3 Å². The van der Waals surface area contributed by atoms with Gasteiger partial charge in [-0.1, -0.05) is 41.4 Å². The Balaban J connectivity index is 1.93. The Morgan fingerprint density at radius 1 is 1.19 bits per heavy atom. The fraction of sp³-hybridized carbons (Fsp3) is 0.160. The molecule has 4 rings (SSSR count). The number of nitrogens with zero attached hydrogens (tertiary/aromatic N) is 3. The van der Waals surface area contributed by atoms with Crippen molar-refractivity contribution in [1.82, 2.24) is 9.55 Å². The number of pyridine rings is 1. The lowest BCUT2D eigenvalue weighted by Gasteiger charge is -2.14. The van der Waals surface area contributed by atoms with Crippen LogP contribution in [0.5, 0.6) is 0 Å². The van der Waals surface area contributed by atoms with E-state index in [1.165, 1.54) is 6.20 Å². The number of nitriles is 1. The fourth-order valence-corrected chi connectivity index (χ4v) is 4.36. The largest absolute Gasteiger partial charge is 0.461 e. The molecule has 0 saturated heterocycles. The number of halogens is 2. The molecule has 32 heavy (non-hydrogen) atoms. The Kier molecular flexibility index (Phi) is 6.18. The van der Waals surface area contributed by atoms with Gasteiger partial charge in [0.25, 0.3) is 0 Å². The second-order valence-corrected chi connectivity index (χ2v) is 8.07. The fourth-order valence-electron chi connectivity index (χ4n) is 3.80. The van der Waals surface area contributed by atoms with E-state index in [1.807, 2.05) is 49.4 Å². The second-order valence-electron chi connectivity index (χ2n) is 7.29. The molecule has 0 amide bonds. The van der Waals surface area contributed by atoms with Crippen LogP contribution in [0.2, 0.25) is 10.0 Å². The predicted octanol–water partition coefficient (Wildman–Crippen LogP) is 6.28. The van der Waals surface area contributed by atoms with E-state index in [9.17, 15) is 10.1 Å². The van der Waals surface area contributed by atoms with E-state index in [1.54, 1.807) is 6.92 Å². The third kappa shape index (κ3) is 3.95. The smallest absolute Gasteiger partial charge is 0.358 e. The van der Waals surface area contributed by atoms with Gasteiger partial charge in [0.05, 0.1) is 33.8 Å². The lowest BCUT2D eigenvalue weighted by atomic mass is 10.1. The first-order valence-electron chi connectivity index (χ1n) is 10.0. The van der Waals surface area contributed by atoms with Crippen molar-refractivity contribution in [1.29, 1.82) is 5.26 Å². The van der Waals surface area contributed by atoms with Crippen molar-refractivity contribution in [3.8, 4) is 11.8 Å². The number of aryl methyl sites for hydroxylation is 1. The highest BCUT2D eigenvalue weighted by atomic mass is 35.5. The van der Waals surface area contributed by atoms with E-state index in [0.29, 0.717) is 22.6 Å². The number of carbonyl (C=O) groups excluding carboxylic acids is 1. The SMILES string of the molecule is CCOC(=O)c1ncc(Cl)c(Cc2cc3c(C)cc(C#N)cc3n2-c2ccccc2)c1Cl. The maximum Gasteiger partial charge on any atom is 0.358 e. The molecular formula is C25H19Cl2N3O2. The van der Waals surface area contributed by atoms with Gasteiger partial charge in [0.2, 0.25) is 0 Å². The van der Waals surface area contributed by atoms with Crippen LogP contribution >= 0.6 is 23.2 Å². The van der Waals surface area contributed by atoms with Crippen LogP contribution in [0.15, 0.2) is 54.7 Å². The number of esters is 1. The summed E-state index contributed by atoms with van der Waals surface area (Å²) < 4.78 is 7.16. The normalized spacial score (nSPS) is 10.8. The van der Waals surface area contributed by atoms with E-state index in [0.717, 1.165) is 27.8 Å². The van der Waals surface area contributed by atoms with Gasteiger partial charge in [0.15, 0.2) is 5.69 Å². The number of para-hydroxylation sites is 1. The molecule has 0 radical (unpaired) electrons. The maximum absolute atomic E-state index is 12.3. The molecular weight excluding hydrogens is 445 g/mol. The zero-order valence-corrected chi connectivity index (χ0v) is 19.0. The van der Waals surface area contributed by atoms with E-state index < -0.39 is 5.97 Å². The van der Waals surface area contributed by atoms with Gasteiger partial charge in [-0.25, -0.2) is 9.78 Å². The standard InChI is InChI=1S/C25H19Cl2N3O2/c1-3-32-25(31)24-23(27)20(21(26)14-29-24)12-18-11-19-15(2)9-16(13-28)10-22(19)30(18)17-7-5-4-6-8-17/h4-11,14H,3,12H2,1-2H3. The number of fused-ring (bicyclic) bond motifs is 1. The number of aromatic nitrogens is 2. The summed E-state index contributed by atoms with van der Waals surface area (Å²) in [5, 5.41) is 11.0. The first-order valence-corrected chi connectivity index (χ1v) is 10.8. The first-order chi connectivity index (χ1) is 15.4. The lowest BCUT2D eigenvalue weighted by molar-refractivity contribution is 0.0519. The molecule has 4 aromatic rings. The molecule has 0 unspecified atom stereocenters. The molecule has 0 bridgehead atoms. The minimum Gasteiger partial charge on any atom is -0.461 e. The van der Waals surface area contributed by atoms with Crippen molar-refractivity contribution in [3.63, 3.8) is 0 Å². The Hall–Kier alpha value is -3.33. The first kappa shape index (κ1) is 21.9. The van der Waals surface area contributed by atoms with E-state index in [-0.39, 0.29) is 17.3 Å². The molecule has 2 aromatic carbocycles. The molecule has 0 N–H and O–H groups in total. The Morgan fingerprint density at radius 2 is 1.94 bits per heavy atom. The average Bonchev–Trinajstić information content (AvgIpc) is 3.15. The highest BCUT2D eigenvalue weighted by Gasteiger charge is 2.21. The molecule has 0 atom stereocenters. The summed E-state index contributed by atoms with van der Waals surface area (Å²) in [4.78, 5) is 16.4. The number of carbonyl (C=O) groups is 1. The summed E-state index contributed by atoms with van der Waals surface area (Å²) in [6.45, 7) is 3.92. The molecule has 0 fully saturated rings. The van der Waals surface area contributed by atoms with E-state index >= 15 is 0 Å². The van der Waals surface area contributed by atoms with Gasteiger partial charge in [0.1, 0.15) is 0 Å². The molecule has 0 spiro atoms. The molecule has 2 heterocycles. The van der Waals surface area contributed by atoms with Gasteiger partial charge < -0.3 is 9.30 Å². The molecule has 0 aliphatic carbocycles. The van der Waals surface area contributed by atoms with Crippen molar-refractivity contribution >= 4 is 40.1 Å². The van der Waals surface area contributed by atoms with Crippen molar-refractivity contribution in [3.05, 3.63) is 92.9 Å². The number of hydrogen-bond donors (Lipinski definition) is 0. The highest BCUT2D eigenvalue weighted by molar-refractivity contribution is 6.37. The molecule has 0 aliphatic rings. The predicted molar refractivity (Wildman–Crippen MR) is 126 cm³/mol. The zero-order valence-electron chi connectivity index (χ0n) is 17.5. The van der Waals surface area contributed by atoms with Gasteiger partial charge in [0, 0.05) is 29.4 Å². The molecule has 7 heteroatoms. The van der Waals surface area contributed by atoms with Crippen LogP contribution in [-0.4, -0.2) is 22.1 Å². The maximum atomic E-state index is 12.3. The van der Waals surface area contributed by atoms with Crippen LogP contribution in [0.25, 0.3) is 16.6 Å². The van der Waals surface area contributed by atoms with E-state index in [2.05, 4.69) is 21.7 Å². The topological polar surface area (TPSA) is 67.9 Å².